The van der Waals surface area contributed by atoms with E-state index in [9.17, 15) is 9.59 Å². The van der Waals surface area contributed by atoms with Crippen molar-refractivity contribution < 1.29 is 19.2 Å². The second-order valence-corrected chi connectivity index (χ2v) is 8.61. The SMILES string of the molecule is COc1ccc(C[NH+]2CCN(C(=O)[C@@H](NC(=O)c3ccccc3C)C(C)C)CC2)cc1. The summed E-state index contributed by atoms with van der Waals surface area (Å²) in [5, 5.41) is 2.98. The van der Waals surface area contributed by atoms with Crippen molar-refractivity contribution in [2.45, 2.75) is 33.4 Å². The average molecular weight is 425 g/mol. The maximum atomic E-state index is 13.2. The normalized spacial score (nSPS) is 15.6. The molecule has 1 atom stereocenters. The first-order valence-corrected chi connectivity index (χ1v) is 11.0. The highest BCUT2D eigenvalue weighted by Crippen LogP contribution is 2.12. The van der Waals surface area contributed by atoms with Crippen molar-refractivity contribution in [1.29, 1.82) is 0 Å². The van der Waals surface area contributed by atoms with E-state index >= 15 is 0 Å². The van der Waals surface area contributed by atoms with Crippen molar-refractivity contribution in [1.82, 2.24) is 10.2 Å². The Morgan fingerprint density at radius 2 is 1.71 bits per heavy atom. The number of hydrogen-bond acceptors (Lipinski definition) is 3. The fourth-order valence-electron chi connectivity index (χ4n) is 4.01. The zero-order chi connectivity index (χ0) is 22.4. The molecule has 0 saturated carbocycles. The molecule has 1 saturated heterocycles. The first-order valence-electron chi connectivity index (χ1n) is 11.0. The van der Waals surface area contributed by atoms with Crippen LogP contribution in [0.1, 0.15) is 35.3 Å². The molecule has 0 radical (unpaired) electrons. The first-order chi connectivity index (χ1) is 14.9. The largest absolute Gasteiger partial charge is 0.497 e. The smallest absolute Gasteiger partial charge is 0.252 e. The Kier molecular flexibility index (Phi) is 7.69. The number of hydrogen-bond donors (Lipinski definition) is 2. The third-order valence-corrected chi connectivity index (χ3v) is 6.00. The summed E-state index contributed by atoms with van der Waals surface area (Å²) in [6.07, 6.45) is 0. The van der Waals surface area contributed by atoms with Crippen molar-refractivity contribution in [3.05, 3.63) is 65.2 Å². The van der Waals surface area contributed by atoms with Gasteiger partial charge in [-0.3, -0.25) is 9.59 Å². The molecule has 0 unspecified atom stereocenters. The number of aryl methyl sites for hydroxylation is 1. The minimum absolute atomic E-state index is 0.0143. The van der Waals surface area contributed by atoms with Crippen molar-refractivity contribution in [2.24, 2.45) is 5.92 Å². The third-order valence-electron chi connectivity index (χ3n) is 6.00. The van der Waals surface area contributed by atoms with Gasteiger partial charge in [0.15, 0.2) is 0 Å². The zero-order valence-electron chi connectivity index (χ0n) is 19.0. The van der Waals surface area contributed by atoms with Crippen molar-refractivity contribution in [3.8, 4) is 5.75 Å². The van der Waals surface area contributed by atoms with Crippen LogP contribution in [0.25, 0.3) is 0 Å². The molecule has 2 N–H and O–H groups in total. The standard InChI is InChI=1S/C25H33N3O3/c1-18(2)23(26-24(29)22-8-6-5-7-19(22)3)25(30)28-15-13-27(14-16-28)17-20-9-11-21(31-4)12-10-20/h5-12,18,23H,13-17H2,1-4H3,(H,26,29)/p+1/t23-/m0/s1. The molecule has 2 aromatic rings. The second-order valence-electron chi connectivity index (χ2n) is 8.61. The molecular weight excluding hydrogens is 390 g/mol. The van der Waals surface area contributed by atoms with Crippen molar-refractivity contribution in [3.63, 3.8) is 0 Å². The summed E-state index contributed by atoms with van der Waals surface area (Å²) >= 11 is 0. The molecular formula is C25H34N3O3+. The van der Waals surface area contributed by atoms with E-state index in [1.165, 1.54) is 10.5 Å². The highest BCUT2D eigenvalue weighted by atomic mass is 16.5. The lowest BCUT2D eigenvalue weighted by atomic mass is 10.0. The number of amides is 2. The van der Waals surface area contributed by atoms with Gasteiger partial charge in [0.25, 0.3) is 5.91 Å². The maximum Gasteiger partial charge on any atom is 0.252 e. The van der Waals surface area contributed by atoms with E-state index in [0.717, 1.165) is 30.9 Å². The van der Waals surface area contributed by atoms with Gasteiger partial charge in [0.2, 0.25) is 5.91 Å². The second kappa shape index (κ2) is 10.4. The summed E-state index contributed by atoms with van der Waals surface area (Å²) in [7, 11) is 1.67. The van der Waals surface area contributed by atoms with Crippen LogP contribution in [0.2, 0.25) is 0 Å². The number of piperazine rings is 1. The molecule has 3 rings (SSSR count). The minimum atomic E-state index is -0.518. The molecule has 6 nitrogen and oxygen atoms in total. The van der Waals surface area contributed by atoms with Crippen LogP contribution in [-0.4, -0.2) is 56.0 Å². The Bertz CT molecular complexity index is 887. The first kappa shape index (κ1) is 22.8. The van der Waals surface area contributed by atoms with E-state index in [1.807, 2.05) is 56.0 Å². The summed E-state index contributed by atoms with van der Waals surface area (Å²) in [4.78, 5) is 29.3. The van der Waals surface area contributed by atoms with Crippen LogP contribution in [0.15, 0.2) is 48.5 Å². The molecule has 1 aliphatic heterocycles. The molecule has 6 heteroatoms. The van der Waals surface area contributed by atoms with Gasteiger partial charge >= 0.3 is 0 Å². The summed E-state index contributed by atoms with van der Waals surface area (Å²) in [6.45, 7) is 10.00. The van der Waals surface area contributed by atoms with Crippen LogP contribution < -0.4 is 15.0 Å². The molecule has 0 aromatic heterocycles. The van der Waals surface area contributed by atoms with E-state index in [-0.39, 0.29) is 17.7 Å². The number of rotatable bonds is 7. The zero-order valence-corrected chi connectivity index (χ0v) is 19.0. The third kappa shape index (κ3) is 5.85. The van der Waals surface area contributed by atoms with Gasteiger partial charge < -0.3 is 19.9 Å². The van der Waals surface area contributed by atoms with Gasteiger partial charge in [-0.2, -0.15) is 0 Å². The summed E-state index contributed by atoms with van der Waals surface area (Å²) in [5.74, 6) is 0.709. The predicted octanol–water partition coefficient (Wildman–Crippen LogP) is 1.69. The summed E-state index contributed by atoms with van der Waals surface area (Å²) in [6, 6.07) is 15.1. The van der Waals surface area contributed by atoms with E-state index in [1.54, 1.807) is 13.2 Å². The van der Waals surface area contributed by atoms with Gasteiger partial charge in [-0.15, -0.1) is 0 Å². The number of benzene rings is 2. The lowest BCUT2D eigenvalue weighted by Gasteiger charge is -2.35. The monoisotopic (exact) mass is 424 g/mol. The molecule has 2 amide bonds. The number of ether oxygens (including phenoxy) is 1. The Morgan fingerprint density at radius 1 is 1.06 bits per heavy atom. The lowest BCUT2D eigenvalue weighted by molar-refractivity contribution is -0.917. The highest BCUT2D eigenvalue weighted by Gasteiger charge is 2.32. The Labute approximate surface area is 185 Å². The van der Waals surface area contributed by atoms with Crippen LogP contribution >= 0.6 is 0 Å². The number of carbonyl (C=O) groups excluding carboxylic acids is 2. The maximum absolute atomic E-state index is 13.2. The van der Waals surface area contributed by atoms with Crippen LogP contribution in [-0.2, 0) is 11.3 Å². The highest BCUT2D eigenvalue weighted by molar-refractivity contribution is 5.98. The molecule has 0 spiro atoms. The fraction of sp³-hybridized carbons (Fsp3) is 0.440. The van der Waals surface area contributed by atoms with E-state index in [0.29, 0.717) is 18.7 Å². The van der Waals surface area contributed by atoms with Crippen LogP contribution in [0.4, 0.5) is 0 Å². The summed E-state index contributed by atoms with van der Waals surface area (Å²) in [5.41, 5.74) is 2.79. The van der Waals surface area contributed by atoms with Gasteiger partial charge in [-0.25, -0.2) is 0 Å². The molecule has 166 valence electrons. The van der Waals surface area contributed by atoms with E-state index in [4.69, 9.17) is 4.74 Å². The molecule has 1 fully saturated rings. The average Bonchev–Trinajstić information content (AvgIpc) is 2.78. The predicted molar refractivity (Wildman–Crippen MR) is 121 cm³/mol. The Morgan fingerprint density at radius 3 is 2.29 bits per heavy atom. The molecule has 1 heterocycles. The van der Waals surface area contributed by atoms with Crippen molar-refractivity contribution >= 4 is 11.8 Å². The Balaban J connectivity index is 1.56. The van der Waals surface area contributed by atoms with E-state index in [2.05, 4.69) is 17.4 Å². The molecule has 2 aromatic carbocycles. The Hall–Kier alpha value is -2.86. The van der Waals surface area contributed by atoms with E-state index < -0.39 is 6.04 Å². The van der Waals surface area contributed by atoms with Gasteiger partial charge in [-0.1, -0.05) is 32.0 Å². The quantitative estimate of drug-likeness (QED) is 0.711. The fourth-order valence-corrected chi connectivity index (χ4v) is 4.01. The minimum Gasteiger partial charge on any atom is -0.497 e. The van der Waals surface area contributed by atoms with Gasteiger partial charge in [0.1, 0.15) is 18.3 Å². The van der Waals surface area contributed by atoms with Gasteiger partial charge in [0.05, 0.1) is 33.3 Å². The van der Waals surface area contributed by atoms with Crippen LogP contribution in [0, 0.1) is 12.8 Å². The van der Waals surface area contributed by atoms with Crippen molar-refractivity contribution in [2.75, 3.05) is 33.3 Å². The van der Waals surface area contributed by atoms with Gasteiger partial charge in [-0.05, 0) is 48.7 Å². The van der Waals surface area contributed by atoms with Crippen LogP contribution in [0.3, 0.4) is 0 Å². The van der Waals surface area contributed by atoms with Crippen LogP contribution in [0.5, 0.6) is 5.75 Å². The number of nitrogens with zero attached hydrogens (tertiary/aromatic N) is 1. The molecule has 0 bridgehead atoms. The molecule has 1 aliphatic rings. The topological polar surface area (TPSA) is 63.1 Å². The number of nitrogens with one attached hydrogen (secondary N) is 2. The summed E-state index contributed by atoms with van der Waals surface area (Å²) < 4.78 is 5.22. The van der Waals surface area contributed by atoms with Gasteiger partial charge in [0, 0.05) is 11.1 Å². The number of carbonyl (C=O) groups is 2. The molecule has 0 aliphatic carbocycles. The lowest BCUT2D eigenvalue weighted by Crippen LogP contribution is -3.13. The number of quaternary nitrogens is 1. The number of methoxy groups -OCH3 is 1. The molecule has 31 heavy (non-hydrogen) atoms.